The number of carbonyl (C=O) groups excluding carboxylic acids is 1. The molecule has 0 aromatic carbocycles. The van der Waals surface area contributed by atoms with Gasteiger partial charge in [-0.1, -0.05) is 0 Å². The maximum Gasteiger partial charge on any atom is 0.273 e. The molecule has 0 saturated carbocycles. The van der Waals surface area contributed by atoms with Gasteiger partial charge in [-0.25, -0.2) is 4.98 Å². The molecule has 13 heavy (non-hydrogen) atoms. The van der Waals surface area contributed by atoms with Crippen LogP contribution >= 0.6 is 11.3 Å². The molecule has 0 bridgehead atoms. The van der Waals surface area contributed by atoms with Gasteiger partial charge in [-0.3, -0.25) is 4.79 Å². The van der Waals surface area contributed by atoms with Crippen LogP contribution in [0.5, 0.6) is 0 Å². The van der Waals surface area contributed by atoms with Crippen LogP contribution in [0.2, 0.25) is 0 Å². The second-order valence-corrected chi connectivity index (χ2v) is 4.08. The van der Waals surface area contributed by atoms with E-state index < -0.39 is 0 Å². The molecule has 0 aliphatic carbocycles. The predicted octanol–water partition coefficient (Wildman–Crippen LogP) is 1.77. The molecule has 1 saturated heterocycles. The maximum absolute atomic E-state index is 11.8. The molecular formula is C9H12N2OS. The van der Waals surface area contributed by atoms with E-state index in [0.29, 0.717) is 11.7 Å². The van der Waals surface area contributed by atoms with Crippen molar-refractivity contribution in [2.75, 3.05) is 6.54 Å². The minimum atomic E-state index is 0.0891. The van der Waals surface area contributed by atoms with Crippen LogP contribution in [-0.2, 0) is 0 Å². The predicted molar refractivity (Wildman–Crippen MR) is 51.8 cm³/mol. The summed E-state index contributed by atoms with van der Waals surface area (Å²) in [5, 5.41) is 1.81. The lowest BCUT2D eigenvalue weighted by molar-refractivity contribution is 0.0742. The fraction of sp³-hybridized carbons (Fsp3) is 0.556. The minimum Gasteiger partial charge on any atom is -0.335 e. The average Bonchev–Trinajstić information content (AvgIpc) is 2.72. The summed E-state index contributed by atoms with van der Waals surface area (Å²) in [6.45, 7) is 2.98. The Kier molecular flexibility index (Phi) is 2.31. The van der Waals surface area contributed by atoms with E-state index in [1.807, 2.05) is 10.3 Å². The van der Waals surface area contributed by atoms with Gasteiger partial charge >= 0.3 is 0 Å². The first-order chi connectivity index (χ1) is 6.29. The van der Waals surface area contributed by atoms with E-state index in [1.165, 1.54) is 11.3 Å². The third kappa shape index (κ3) is 1.58. The van der Waals surface area contributed by atoms with Crippen LogP contribution in [-0.4, -0.2) is 28.4 Å². The van der Waals surface area contributed by atoms with Gasteiger partial charge in [-0.15, -0.1) is 11.3 Å². The van der Waals surface area contributed by atoms with Crippen molar-refractivity contribution < 1.29 is 4.79 Å². The monoisotopic (exact) mass is 196 g/mol. The summed E-state index contributed by atoms with van der Waals surface area (Å²) in [6.07, 6.45) is 2.24. The maximum atomic E-state index is 11.8. The highest BCUT2D eigenvalue weighted by atomic mass is 32.1. The van der Waals surface area contributed by atoms with Crippen molar-refractivity contribution in [3.05, 3.63) is 16.6 Å². The summed E-state index contributed by atoms with van der Waals surface area (Å²) in [5.74, 6) is 0.0891. The zero-order chi connectivity index (χ0) is 9.26. The number of carbonyl (C=O) groups is 1. The average molecular weight is 196 g/mol. The Hall–Kier alpha value is -0.900. The third-order valence-corrected chi connectivity index (χ3v) is 3.05. The topological polar surface area (TPSA) is 33.2 Å². The van der Waals surface area contributed by atoms with Gasteiger partial charge < -0.3 is 4.90 Å². The fourth-order valence-electron chi connectivity index (χ4n) is 1.70. The number of nitrogens with zero attached hydrogens (tertiary/aromatic N) is 2. The Bertz CT molecular complexity index is 297. The van der Waals surface area contributed by atoms with Crippen LogP contribution < -0.4 is 0 Å². The normalized spacial score (nSPS) is 22.2. The van der Waals surface area contributed by atoms with Crippen LogP contribution in [0.1, 0.15) is 30.3 Å². The van der Waals surface area contributed by atoms with Gasteiger partial charge in [0.05, 0.1) is 5.51 Å². The Morgan fingerprint density at radius 1 is 1.77 bits per heavy atom. The number of aromatic nitrogens is 1. The quantitative estimate of drug-likeness (QED) is 0.685. The van der Waals surface area contributed by atoms with Gasteiger partial charge in [-0.2, -0.15) is 0 Å². The molecule has 1 aromatic rings. The summed E-state index contributed by atoms with van der Waals surface area (Å²) in [5.41, 5.74) is 2.30. The standard InChI is InChI=1S/C9H12N2OS/c1-7-3-2-4-11(7)9(12)8-5-13-6-10-8/h5-7H,2-4H2,1H3. The van der Waals surface area contributed by atoms with E-state index in [0.717, 1.165) is 19.4 Å². The van der Waals surface area contributed by atoms with E-state index in [9.17, 15) is 4.79 Å². The number of hydrogen-bond acceptors (Lipinski definition) is 3. The highest BCUT2D eigenvalue weighted by molar-refractivity contribution is 7.07. The van der Waals surface area contributed by atoms with Crippen molar-refractivity contribution in [2.45, 2.75) is 25.8 Å². The fourth-order valence-corrected chi connectivity index (χ4v) is 2.23. The lowest BCUT2D eigenvalue weighted by Gasteiger charge is -2.19. The highest BCUT2D eigenvalue weighted by Gasteiger charge is 2.26. The molecule has 4 heteroatoms. The molecule has 1 aromatic heterocycles. The zero-order valence-electron chi connectivity index (χ0n) is 7.56. The van der Waals surface area contributed by atoms with Crippen LogP contribution in [0.15, 0.2) is 10.9 Å². The van der Waals surface area contributed by atoms with Crippen molar-refractivity contribution in [3.8, 4) is 0 Å². The molecule has 0 spiro atoms. The molecular weight excluding hydrogens is 184 g/mol. The van der Waals surface area contributed by atoms with Crippen LogP contribution in [0.4, 0.5) is 0 Å². The Labute approximate surface area is 81.4 Å². The van der Waals surface area contributed by atoms with Gasteiger partial charge in [-0.05, 0) is 19.8 Å². The largest absolute Gasteiger partial charge is 0.335 e. The summed E-state index contributed by atoms with van der Waals surface area (Å²) in [6, 6.07) is 0.384. The third-order valence-electron chi connectivity index (χ3n) is 2.47. The lowest BCUT2D eigenvalue weighted by atomic mass is 10.2. The molecule has 1 amide bonds. The smallest absolute Gasteiger partial charge is 0.273 e. The first-order valence-electron chi connectivity index (χ1n) is 4.48. The summed E-state index contributed by atoms with van der Waals surface area (Å²) < 4.78 is 0. The number of amides is 1. The molecule has 1 fully saturated rings. The number of likely N-dealkylation sites (tertiary alicyclic amines) is 1. The Morgan fingerprint density at radius 2 is 2.62 bits per heavy atom. The van der Waals surface area contributed by atoms with Crippen molar-refractivity contribution in [1.29, 1.82) is 0 Å². The molecule has 1 unspecified atom stereocenters. The molecule has 70 valence electrons. The van der Waals surface area contributed by atoms with Crippen molar-refractivity contribution in [3.63, 3.8) is 0 Å². The first-order valence-corrected chi connectivity index (χ1v) is 5.42. The zero-order valence-corrected chi connectivity index (χ0v) is 8.38. The molecule has 1 aliphatic rings. The van der Waals surface area contributed by atoms with Crippen LogP contribution in [0.25, 0.3) is 0 Å². The lowest BCUT2D eigenvalue weighted by Crippen LogP contribution is -2.33. The second kappa shape index (κ2) is 3.46. The van der Waals surface area contributed by atoms with Crippen molar-refractivity contribution >= 4 is 17.2 Å². The van der Waals surface area contributed by atoms with Crippen molar-refractivity contribution in [2.24, 2.45) is 0 Å². The van der Waals surface area contributed by atoms with Gasteiger partial charge in [0, 0.05) is 18.0 Å². The van der Waals surface area contributed by atoms with E-state index in [4.69, 9.17) is 0 Å². The van der Waals surface area contributed by atoms with E-state index in [-0.39, 0.29) is 5.91 Å². The summed E-state index contributed by atoms with van der Waals surface area (Å²) in [7, 11) is 0. The SMILES string of the molecule is CC1CCCN1C(=O)c1cscn1. The van der Waals surface area contributed by atoms with Gasteiger partial charge in [0.1, 0.15) is 5.69 Å². The number of thiazole rings is 1. The van der Waals surface area contributed by atoms with E-state index in [1.54, 1.807) is 5.51 Å². The van der Waals surface area contributed by atoms with E-state index in [2.05, 4.69) is 11.9 Å². The van der Waals surface area contributed by atoms with Gasteiger partial charge in [0.25, 0.3) is 5.91 Å². The molecule has 0 N–H and O–H groups in total. The van der Waals surface area contributed by atoms with Crippen LogP contribution in [0.3, 0.4) is 0 Å². The number of hydrogen-bond donors (Lipinski definition) is 0. The molecule has 0 radical (unpaired) electrons. The second-order valence-electron chi connectivity index (χ2n) is 3.36. The summed E-state index contributed by atoms with van der Waals surface area (Å²) in [4.78, 5) is 17.7. The molecule has 3 nitrogen and oxygen atoms in total. The molecule has 1 aliphatic heterocycles. The summed E-state index contributed by atoms with van der Waals surface area (Å²) >= 11 is 1.47. The molecule has 1 atom stereocenters. The van der Waals surface area contributed by atoms with Gasteiger partial charge in [0.15, 0.2) is 0 Å². The Balaban J connectivity index is 2.13. The van der Waals surface area contributed by atoms with E-state index >= 15 is 0 Å². The van der Waals surface area contributed by atoms with Gasteiger partial charge in [0.2, 0.25) is 0 Å². The first kappa shape index (κ1) is 8.69. The molecule has 2 heterocycles. The van der Waals surface area contributed by atoms with Crippen molar-refractivity contribution in [1.82, 2.24) is 9.88 Å². The van der Waals surface area contributed by atoms with Crippen LogP contribution in [0, 0.1) is 0 Å². The highest BCUT2D eigenvalue weighted by Crippen LogP contribution is 2.19. The molecule has 2 rings (SSSR count). The minimum absolute atomic E-state index is 0.0891. The number of rotatable bonds is 1. The Morgan fingerprint density at radius 3 is 3.15 bits per heavy atom.